The van der Waals surface area contributed by atoms with Gasteiger partial charge in [-0.15, -0.1) is 0 Å². The molecule has 5 nitrogen and oxygen atoms in total. The smallest absolute Gasteiger partial charge is 0.323 e. The molecule has 0 aliphatic rings. The van der Waals surface area contributed by atoms with Crippen LogP contribution in [-0.2, 0) is 6.42 Å². The lowest BCUT2D eigenvalue weighted by atomic mass is 10.1. The lowest BCUT2D eigenvalue weighted by Crippen LogP contribution is -2.32. The lowest BCUT2D eigenvalue weighted by molar-refractivity contribution is 0.234. The highest BCUT2D eigenvalue weighted by Gasteiger charge is 2.04. The molecule has 0 saturated heterocycles. The summed E-state index contributed by atoms with van der Waals surface area (Å²) < 4.78 is 5.57. The van der Waals surface area contributed by atoms with Crippen LogP contribution < -0.4 is 15.4 Å². The molecular weight excluding hydrogens is 266 g/mol. The van der Waals surface area contributed by atoms with Crippen LogP contribution in [0.5, 0.6) is 5.75 Å². The van der Waals surface area contributed by atoms with Gasteiger partial charge in [0.2, 0.25) is 0 Å². The summed E-state index contributed by atoms with van der Waals surface area (Å²) in [7, 11) is 0. The van der Waals surface area contributed by atoms with E-state index in [-0.39, 0.29) is 12.8 Å². The number of carbonyl (C=O) groups excluding carboxylic acids is 1. The molecule has 1 heterocycles. The average Bonchev–Trinajstić information content (AvgIpc) is 2.47. The van der Waals surface area contributed by atoms with Crippen LogP contribution in [0.4, 0.5) is 10.6 Å². The van der Waals surface area contributed by atoms with E-state index in [1.165, 1.54) is 0 Å². The standard InChI is InChI=1S/C16H19N3O2/c1-3-13-6-4-5-7-14(13)21-11-18-16(20)19-15-10-12(2)8-9-17-15/h4-10H,3,11H2,1-2H3,(H2,17,18,19,20). The lowest BCUT2D eigenvalue weighted by Gasteiger charge is -2.11. The normalized spacial score (nSPS) is 10.0. The largest absolute Gasteiger partial charge is 0.473 e. The van der Waals surface area contributed by atoms with Gasteiger partial charge in [0.05, 0.1) is 0 Å². The third-order valence-corrected chi connectivity index (χ3v) is 2.97. The topological polar surface area (TPSA) is 63.2 Å². The number of rotatable bonds is 5. The molecule has 21 heavy (non-hydrogen) atoms. The van der Waals surface area contributed by atoms with Gasteiger partial charge in [-0.25, -0.2) is 9.78 Å². The first-order valence-electron chi connectivity index (χ1n) is 6.87. The predicted molar refractivity (Wildman–Crippen MR) is 82.4 cm³/mol. The van der Waals surface area contributed by atoms with Crippen LogP contribution in [0.25, 0.3) is 0 Å². The van der Waals surface area contributed by atoms with E-state index in [0.29, 0.717) is 5.82 Å². The van der Waals surface area contributed by atoms with Gasteiger partial charge in [-0.2, -0.15) is 0 Å². The molecule has 1 aromatic carbocycles. The number of pyridine rings is 1. The molecule has 0 bridgehead atoms. The molecule has 0 aliphatic heterocycles. The quantitative estimate of drug-likeness (QED) is 0.830. The van der Waals surface area contributed by atoms with Gasteiger partial charge in [-0.1, -0.05) is 25.1 Å². The van der Waals surface area contributed by atoms with Crippen LogP contribution >= 0.6 is 0 Å². The monoisotopic (exact) mass is 285 g/mol. The zero-order chi connectivity index (χ0) is 15.1. The summed E-state index contributed by atoms with van der Waals surface area (Å²) in [5, 5.41) is 5.29. The Kier molecular flexibility index (Phi) is 5.15. The first-order chi connectivity index (χ1) is 10.2. The van der Waals surface area contributed by atoms with E-state index in [9.17, 15) is 4.79 Å². The van der Waals surface area contributed by atoms with Gasteiger partial charge in [0.1, 0.15) is 11.6 Å². The molecule has 110 valence electrons. The van der Waals surface area contributed by atoms with Crippen molar-refractivity contribution in [2.24, 2.45) is 0 Å². The van der Waals surface area contributed by atoms with Crippen LogP contribution in [0.1, 0.15) is 18.1 Å². The third kappa shape index (κ3) is 4.49. The van der Waals surface area contributed by atoms with Crippen molar-refractivity contribution in [3.05, 3.63) is 53.7 Å². The fraction of sp³-hybridized carbons (Fsp3) is 0.250. The molecule has 2 N–H and O–H groups in total. The highest BCUT2D eigenvalue weighted by molar-refractivity contribution is 5.88. The molecule has 0 aliphatic carbocycles. The molecular formula is C16H19N3O2. The number of benzene rings is 1. The number of hydrogen-bond donors (Lipinski definition) is 2. The zero-order valence-corrected chi connectivity index (χ0v) is 12.2. The molecule has 0 radical (unpaired) electrons. The number of hydrogen-bond acceptors (Lipinski definition) is 3. The van der Waals surface area contributed by atoms with Crippen molar-refractivity contribution in [1.82, 2.24) is 10.3 Å². The summed E-state index contributed by atoms with van der Waals surface area (Å²) in [6, 6.07) is 11.1. The van der Waals surface area contributed by atoms with Gasteiger partial charge in [0.25, 0.3) is 0 Å². The molecule has 0 saturated carbocycles. The van der Waals surface area contributed by atoms with E-state index < -0.39 is 0 Å². The van der Waals surface area contributed by atoms with Crippen LogP contribution in [0.15, 0.2) is 42.6 Å². The first kappa shape index (κ1) is 14.8. The van der Waals surface area contributed by atoms with Crippen LogP contribution in [0, 0.1) is 6.92 Å². The van der Waals surface area contributed by atoms with Gasteiger partial charge in [0, 0.05) is 6.20 Å². The second kappa shape index (κ2) is 7.28. The van der Waals surface area contributed by atoms with Crippen molar-refractivity contribution in [3.8, 4) is 5.75 Å². The van der Waals surface area contributed by atoms with Gasteiger partial charge in [-0.05, 0) is 42.7 Å². The van der Waals surface area contributed by atoms with Gasteiger partial charge < -0.3 is 10.1 Å². The number of urea groups is 1. The Labute approximate surface area is 124 Å². The van der Waals surface area contributed by atoms with E-state index in [4.69, 9.17) is 4.74 Å². The molecule has 0 spiro atoms. The molecule has 5 heteroatoms. The molecule has 2 rings (SSSR count). The zero-order valence-electron chi connectivity index (χ0n) is 12.2. The van der Waals surface area contributed by atoms with Crippen molar-refractivity contribution in [3.63, 3.8) is 0 Å². The number of amides is 2. The highest BCUT2D eigenvalue weighted by Crippen LogP contribution is 2.17. The molecule has 1 aromatic heterocycles. The summed E-state index contributed by atoms with van der Waals surface area (Å²) in [5.41, 5.74) is 2.15. The molecule has 2 aromatic rings. The maximum atomic E-state index is 11.7. The van der Waals surface area contributed by atoms with Crippen LogP contribution in [-0.4, -0.2) is 17.7 Å². The minimum absolute atomic E-state index is 0.106. The van der Waals surface area contributed by atoms with E-state index in [2.05, 4.69) is 22.5 Å². The number of nitrogens with zero attached hydrogens (tertiary/aromatic N) is 1. The Morgan fingerprint density at radius 1 is 1.29 bits per heavy atom. The van der Waals surface area contributed by atoms with Crippen molar-refractivity contribution in [2.45, 2.75) is 20.3 Å². The van der Waals surface area contributed by atoms with E-state index in [1.807, 2.05) is 37.3 Å². The van der Waals surface area contributed by atoms with Crippen molar-refractivity contribution < 1.29 is 9.53 Å². The van der Waals surface area contributed by atoms with Crippen molar-refractivity contribution >= 4 is 11.8 Å². The van der Waals surface area contributed by atoms with E-state index >= 15 is 0 Å². The van der Waals surface area contributed by atoms with Crippen molar-refractivity contribution in [1.29, 1.82) is 0 Å². The molecule has 0 atom stereocenters. The molecule has 0 fully saturated rings. The van der Waals surface area contributed by atoms with Gasteiger partial charge in [-0.3, -0.25) is 5.32 Å². The number of ether oxygens (including phenoxy) is 1. The summed E-state index contributed by atoms with van der Waals surface area (Å²) in [6.45, 7) is 4.11. The number of para-hydroxylation sites is 1. The maximum Gasteiger partial charge on any atom is 0.323 e. The Bertz CT molecular complexity index is 614. The van der Waals surface area contributed by atoms with Crippen molar-refractivity contribution in [2.75, 3.05) is 12.0 Å². The SMILES string of the molecule is CCc1ccccc1OCNC(=O)Nc1cc(C)ccn1. The van der Waals surface area contributed by atoms with Crippen LogP contribution in [0.3, 0.4) is 0 Å². The highest BCUT2D eigenvalue weighted by atomic mass is 16.5. The third-order valence-electron chi connectivity index (χ3n) is 2.97. The molecule has 2 amide bonds. The Balaban J connectivity index is 1.82. The summed E-state index contributed by atoms with van der Waals surface area (Å²) >= 11 is 0. The number of anilines is 1. The van der Waals surface area contributed by atoms with Gasteiger partial charge in [0.15, 0.2) is 6.73 Å². The summed E-state index contributed by atoms with van der Waals surface area (Å²) in [6.07, 6.45) is 2.54. The Hall–Kier alpha value is -2.56. The second-order valence-electron chi connectivity index (χ2n) is 4.60. The fourth-order valence-electron chi connectivity index (χ4n) is 1.88. The predicted octanol–water partition coefficient (Wildman–Crippen LogP) is 3.11. The van der Waals surface area contributed by atoms with Gasteiger partial charge >= 0.3 is 6.03 Å². The number of aryl methyl sites for hydroxylation is 2. The number of nitrogens with one attached hydrogen (secondary N) is 2. The number of carbonyl (C=O) groups is 1. The van der Waals surface area contributed by atoms with E-state index in [0.717, 1.165) is 23.3 Å². The summed E-state index contributed by atoms with van der Waals surface area (Å²) in [4.78, 5) is 15.8. The minimum Gasteiger partial charge on any atom is -0.473 e. The summed E-state index contributed by atoms with van der Waals surface area (Å²) in [5.74, 6) is 1.30. The van der Waals surface area contributed by atoms with Crippen LogP contribution in [0.2, 0.25) is 0 Å². The Morgan fingerprint density at radius 3 is 2.86 bits per heavy atom. The second-order valence-corrected chi connectivity index (χ2v) is 4.60. The minimum atomic E-state index is -0.345. The maximum absolute atomic E-state index is 11.7. The molecule has 0 unspecified atom stereocenters. The fourth-order valence-corrected chi connectivity index (χ4v) is 1.88. The Morgan fingerprint density at radius 2 is 2.10 bits per heavy atom. The first-order valence-corrected chi connectivity index (χ1v) is 6.87. The number of aromatic nitrogens is 1. The van der Waals surface area contributed by atoms with E-state index in [1.54, 1.807) is 12.3 Å². The average molecular weight is 285 g/mol.